The van der Waals surface area contributed by atoms with Gasteiger partial charge in [-0.05, 0) is 77.8 Å². The fourth-order valence-electron chi connectivity index (χ4n) is 4.36. The SMILES string of the molecule is CCOC(=O)c1c(C)c(-c2ccc(Oc3ccccn3)cc2)nn1C1CCCN(C(=O)OC(C)(C)C)C1. The molecule has 196 valence electrons. The zero-order chi connectivity index (χ0) is 26.6. The van der Waals surface area contributed by atoms with Gasteiger partial charge in [-0.3, -0.25) is 4.68 Å². The number of piperidine rings is 1. The Balaban J connectivity index is 1.62. The molecule has 2 aromatic heterocycles. The van der Waals surface area contributed by atoms with E-state index in [1.807, 2.05) is 64.1 Å². The highest BCUT2D eigenvalue weighted by molar-refractivity contribution is 5.91. The summed E-state index contributed by atoms with van der Waals surface area (Å²) in [4.78, 5) is 31.6. The maximum Gasteiger partial charge on any atom is 0.410 e. The van der Waals surface area contributed by atoms with Crippen molar-refractivity contribution in [2.75, 3.05) is 19.7 Å². The molecule has 0 saturated carbocycles. The number of esters is 1. The number of hydrogen-bond donors (Lipinski definition) is 0. The van der Waals surface area contributed by atoms with Gasteiger partial charge in [-0.25, -0.2) is 14.6 Å². The third kappa shape index (κ3) is 6.28. The zero-order valence-corrected chi connectivity index (χ0v) is 22.1. The lowest BCUT2D eigenvalue weighted by Gasteiger charge is -2.34. The largest absolute Gasteiger partial charge is 0.461 e. The number of carbonyl (C=O) groups excluding carboxylic acids is 2. The molecule has 1 atom stereocenters. The molecule has 1 aromatic carbocycles. The third-order valence-electron chi connectivity index (χ3n) is 6.00. The third-order valence-corrected chi connectivity index (χ3v) is 6.00. The maximum atomic E-state index is 13.0. The normalized spacial score (nSPS) is 15.8. The number of likely N-dealkylation sites (tertiary alicyclic amines) is 1. The van der Waals surface area contributed by atoms with E-state index in [1.165, 1.54) is 0 Å². The van der Waals surface area contributed by atoms with E-state index in [1.54, 1.807) is 28.8 Å². The summed E-state index contributed by atoms with van der Waals surface area (Å²) >= 11 is 0. The predicted molar refractivity (Wildman–Crippen MR) is 139 cm³/mol. The minimum Gasteiger partial charge on any atom is -0.461 e. The van der Waals surface area contributed by atoms with Crippen LogP contribution in [0.3, 0.4) is 0 Å². The van der Waals surface area contributed by atoms with Gasteiger partial charge in [0.1, 0.15) is 17.0 Å². The van der Waals surface area contributed by atoms with Crippen molar-refractivity contribution in [3.8, 4) is 22.9 Å². The van der Waals surface area contributed by atoms with Crippen molar-refractivity contribution in [3.05, 3.63) is 59.9 Å². The number of ether oxygens (including phenoxy) is 3. The summed E-state index contributed by atoms with van der Waals surface area (Å²) in [5.74, 6) is 0.723. The topological polar surface area (TPSA) is 95.8 Å². The summed E-state index contributed by atoms with van der Waals surface area (Å²) in [5, 5.41) is 4.87. The van der Waals surface area contributed by atoms with Gasteiger partial charge in [-0.15, -0.1) is 0 Å². The Bertz CT molecular complexity index is 1230. The highest BCUT2D eigenvalue weighted by Crippen LogP contribution is 2.32. The number of rotatable bonds is 6. The fourth-order valence-corrected chi connectivity index (χ4v) is 4.36. The standard InChI is InChI=1S/C28H34N4O5/c1-6-35-26(33)25-19(2)24(20-12-14-22(15-13-20)36-23-11-7-8-16-29-23)30-32(25)21-10-9-17-31(18-21)27(34)37-28(3,4)5/h7-8,11-16,21H,6,9-10,17-18H2,1-5H3. The molecule has 3 heterocycles. The molecule has 1 aliphatic rings. The van der Waals surface area contributed by atoms with Crippen LogP contribution in [0.25, 0.3) is 11.3 Å². The second-order valence-electron chi connectivity index (χ2n) is 10.0. The van der Waals surface area contributed by atoms with Crippen LogP contribution in [0, 0.1) is 6.92 Å². The van der Waals surface area contributed by atoms with Gasteiger partial charge in [-0.2, -0.15) is 5.10 Å². The van der Waals surface area contributed by atoms with Crippen molar-refractivity contribution in [3.63, 3.8) is 0 Å². The first-order valence-electron chi connectivity index (χ1n) is 12.6. The molecule has 0 aliphatic carbocycles. The van der Waals surface area contributed by atoms with Crippen molar-refractivity contribution < 1.29 is 23.8 Å². The quantitative estimate of drug-likeness (QED) is 0.390. The van der Waals surface area contributed by atoms with Crippen LogP contribution < -0.4 is 4.74 Å². The van der Waals surface area contributed by atoms with Crippen LogP contribution in [0.15, 0.2) is 48.7 Å². The van der Waals surface area contributed by atoms with Crippen LogP contribution in [0.1, 0.15) is 62.6 Å². The van der Waals surface area contributed by atoms with Gasteiger partial charge in [0, 0.05) is 36.5 Å². The molecule has 0 spiro atoms. The Kier molecular flexibility index (Phi) is 7.80. The molecule has 0 radical (unpaired) electrons. The van der Waals surface area contributed by atoms with E-state index >= 15 is 0 Å². The van der Waals surface area contributed by atoms with Crippen molar-refractivity contribution in [1.29, 1.82) is 0 Å². The molecule has 0 N–H and O–H groups in total. The van der Waals surface area contributed by atoms with E-state index in [4.69, 9.17) is 19.3 Å². The molecule has 1 saturated heterocycles. The molecule has 1 aliphatic heterocycles. The average Bonchev–Trinajstić information content (AvgIpc) is 3.21. The van der Waals surface area contributed by atoms with Crippen LogP contribution in [-0.2, 0) is 9.47 Å². The molecular formula is C28H34N4O5. The predicted octanol–water partition coefficient (Wildman–Crippen LogP) is 5.79. The van der Waals surface area contributed by atoms with Crippen molar-refractivity contribution >= 4 is 12.1 Å². The first kappa shape index (κ1) is 26.2. The number of carbonyl (C=O) groups is 2. The smallest absolute Gasteiger partial charge is 0.410 e. The van der Waals surface area contributed by atoms with Gasteiger partial charge < -0.3 is 19.1 Å². The van der Waals surface area contributed by atoms with Gasteiger partial charge in [0.15, 0.2) is 0 Å². The minimum atomic E-state index is -0.581. The van der Waals surface area contributed by atoms with Crippen LogP contribution >= 0.6 is 0 Å². The van der Waals surface area contributed by atoms with Gasteiger partial charge in [0.05, 0.1) is 18.3 Å². The second kappa shape index (κ2) is 11.0. The molecule has 1 amide bonds. The lowest BCUT2D eigenvalue weighted by atomic mass is 10.0. The average molecular weight is 507 g/mol. The maximum absolute atomic E-state index is 13.0. The van der Waals surface area contributed by atoms with Crippen LogP contribution in [0.2, 0.25) is 0 Å². The highest BCUT2D eigenvalue weighted by atomic mass is 16.6. The van der Waals surface area contributed by atoms with Crippen molar-refractivity contribution in [2.45, 2.75) is 59.1 Å². The molecule has 9 heteroatoms. The summed E-state index contributed by atoms with van der Waals surface area (Å²) < 4.78 is 18.5. The lowest BCUT2D eigenvalue weighted by Crippen LogP contribution is -2.44. The summed E-state index contributed by atoms with van der Waals surface area (Å²) in [5.41, 5.74) is 2.08. The Hall–Kier alpha value is -3.88. The summed E-state index contributed by atoms with van der Waals surface area (Å²) in [6.07, 6.45) is 2.87. The second-order valence-corrected chi connectivity index (χ2v) is 10.0. The lowest BCUT2D eigenvalue weighted by molar-refractivity contribution is 0.0165. The first-order chi connectivity index (χ1) is 17.7. The molecular weight excluding hydrogens is 472 g/mol. The molecule has 1 fully saturated rings. The highest BCUT2D eigenvalue weighted by Gasteiger charge is 2.33. The minimum absolute atomic E-state index is 0.181. The number of amides is 1. The number of nitrogens with zero attached hydrogens (tertiary/aromatic N) is 4. The Morgan fingerprint density at radius 2 is 1.86 bits per heavy atom. The molecule has 3 aromatic rings. The van der Waals surface area contributed by atoms with Crippen LogP contribution in [0.5, 0.6) is 11.6 Å². The Labute approximate surface area is 217 Å². The zero-order valence-electron chi connectivity index (χ0n) is 22.1. The van der Waals surface area contributed by atoms with Gasteiger partial charge >= 0.3 is 12.1 Å². The summed E-state index contributed by atoms with van der Waals surface area (Å²) in [6.45, 7) is 10.5. The first-order valence-corrected chi connectivity index (χ1v) is 12.6. The monoisotopic (exact) mass is 506 g/mol. The molecule has 1 unspecified atom stereocenters. The van der Waals surface area contributed by atoms with Gasteiger partial charge in [-0.1, -0.05) is 6.07 Å². The van der Waals surface area contributed by atoms with E-state index < -0.39 is 11.6 Å². The van der Waals surface area contributed by atoms with Gasteiger partial charge in [0.25, 0.3) is 0 Å². The van der Waals surface area contributed by atoms with Crippen LogP contribution in [-0.4, -0.2) is 57.0 Å². The van der Waals surface area contributed by atoms with Crippen molar-refractivity contribution in [1.82, 2.24) is 19.7 Å². The molecule has 9 nitrogen and oxygen atoms in total. The van der Waals surface area contributed by atoms with E-state index in [0.717, 1.165) is 24.0 Å². The molecule has 0 bridgehead atoms. The number of hydrogen-bond acceptors (Lipinski definition) is 7. The van der Waals surface area contributed by atoms with E-state index in [0.29, 0.717) is 36.1 Å². The van der Waals surface area contributed by atoms with E-state index in [9.17, 15) is 9.59 Å². The van der Waals surface area contributed by atoms with E-state index in [2.05, 4.69) is 4.98 Å². The molecule has 4 rings (SSSR count). The summed E-state index contributed by atoms with van der Waals surface area (Å²) in [7, 11) is 0. The van der Waals surface area contributed by atoms with Crippen molar-refractivity contribution in [2.24, 2.45) is 0 Å². The Morgan fingerprint density at radius 1 is 1.11 bits per heavy atom. The van der Waals surface area contributed by atoms with Gasteiger partial charge in [0.2, 0.25) is 5.88 Å². The van der Waals surface area contributed by atoms with Crippen LogP contribution in [0.4, 0.5) is 4.79 Å². The van der Waals surface area contributed by atoms with E-state index in [-0.39, 0.29) is 18.7 Å². The Morgan fingerprint density at radius 3 is 2.51 bits per heavy atom. The fraction of sp³-hybridized carbons (Fsp3) is 0.429. The molecule has 37 heavy (non-hydrogen) atoms. The number of benzene rings is 1. The summed E-state index contributed by atoms with van der Waals surface area (Å²) in [6, 6.07) is 12.8. The number of aromatic nitrogens is 3. The number of pyridine rings is 1.